The highest BCUT2D eigenvalue weighted by molar-refractivity contribution is 5.91. The van der Waals surface area contributed by atoms with Gasteiger partial charge in [-0.25, -0.2) is 4.79 Å². The van der Waals surface area contributed by atoms with Gasteiger partial charge in [0, 0.05) is 0 Å². The van der Waals surface area contributed by atoms with Crippen molar-refractivity contribution in [2.24, 2.45) is 0 Å². The minimum atomic E-state index is -0.326. The molecule has 0 fully saturated rings. The summed E-state index contributed by atoms with van der Waals surface area (Å²) in [4.78, 5) is 11.2. The van der Waals surface area contributed by atoms with Gasteiger partial charge >= 0.3 is 5.97 Å². The van der Waals surface area contributed by atoms with Crippen LogP contribution in [0.3, 0.4) is 0 Å². The lowest BCUT2D eigenvalue weighted by molar-refractivity contribution is -0.135. The molecule has 72 valence electrons. The summed E-state index contributed by atoms with van der Waals surface area (Å²) in [5.41, 5.74) is 1.45. The van der Waals surface area contributed by atoms with Gasteiger partial charge < -0.3 is 4.74 Å². The second kappa shape index (κ2) is 6.23. The Morgan fingerprint density at radius 2 is 2.15 bits per heavy atom. The molecule has 0 amide bonds. The quantitative estimate of drug-likeness (QED) is 0.377. The van der Waals surface area contributed by atoms with Crippen LogP contribution in [0.4, 0.5) is 0 Å². The molecule has 0 atom stereocenters. The molecule has 0 unspecified atom stereocenters. The van der Waals surface area contributed by atoms with Crippen molar-refractivity contribution in [1.82, 2.24) is 0 Å². The van der Waals surface area contributed by atoms with Crippen LogP contribution in [0.25, 0.3) is 0 Å². The molecule has 0 aromatic rings. The highest BCUT2D eigenvalue weighted by atomic mass is 16.5. The first kappa shape index (κ1) is 11.7. The van der Waals surface area contributed by atoms with E-state index < -0.39 is 0 Å². The van der Waals surface area contributed by atoms with Crippen LogP contribution in [0.1, 0.15) is 20.3 Å². The third kappa shape index (κ3) is 4.31. The molecule has 0 radical (unpaired) electrons. The normalized spacial score (nSPS) is 11.8. The second-order valence-electron chi connectivity index (χ2n) is 2.60. The second-order valence-corrected chi connectivity index (χ2v) is 2.60. The van der Waals surface area contributed by atoms with Gasteiger partial charge in [0.05, 0.1) is 12.7 Å². The molecule has 0 aromatic heterocycles. The molecular formula is C11H16O2. The standard InChI is InChI=1S/C11H16O2/c1-5-7-10(11(12)13-4)8-9(3)6-2/h5,7-8H,3,6H2,1-2,4H3/b7-5-,10-8+. The number of methoxy groups -OCH3 is 1. The monoisotopic (exact) mass is 180 g/mol. The lowest BCUT2D eigenvalue weighted by atomic mass is 10.1. The predicted molar refractivity (Wildman–Crippen MR) is 54.3 cm³/mol. The first-order valence-electron chi connectivity index (χ1n) is 4.26. The summed E-state index contributed by atoms with van der Waals surface area (Å²) in [5.74, 6) is -0.326. The fourth-order valence-electron chi connectivity index (χ4n) is 0.794. The molecule has 0 bridgehead atoms. The van der Waals surface area contributed by atoms with E-state index >= 15 is 0 Å². The van der Waals surface area contributed by atoms with E-state index in [1.54, 1.807) is 18.2 Å². The molecule has 0 N–H and O–H groups in total. The van der Waals surface area contributed by atoms with Crippen molar-refractivity contribution in [3.05, 3.63) is 36.0 Å². The number of ether oxygens (including phenoxy) is 1. The zero-order valence-corrected chi connectivity index (χ0v) is 8.46. The zero-order chi connectivity index (χ0) is 10.3. The van der Waals surface area contributed by atoms with Crippen LogP contribution in [0.15, 0.2) is 36.0 Å². The van der Waals surface area contributed by atoms with E-state index in [0.717, 1.165) is 12.0 Å². The zero-order valence-electron chi connectivity index (χ0n) is 8.46. The number of carbonyl (C=O) groups excluding carboxylic acids is 1. The van der Waals surface area contributed by atoms with E-state index in [9.17, 15) is 4.79 Å². The van der Waals surface area contributed by atoms with Gasteiger partial charge in [0.15, 0.2) is 0 Å². The molecule has 0 saturated heterocycles. The molecule has 2 nitrogen and oxygen atoms in total. The summed E-state index contributed by atoms with van der Waals surface area (Å²) in [6.45, 7) is 7.64. The Kier molecular flexibility index (Phi) is 5.60. The maximum absolute atomic E-state index is 11.2. The minimum Gasteiger partial charge on any atom is -0.465 e. The molecule has 0 heterocycles. The molecule has 0 spiro atoms. The summed E-state index contributed by atoms with van der Waals surface area (Å²) >= 11 is 0. The SMILES string of the molecule is C=C(/C=C(\C=C/C)C(=O)OC)CC. The molecule has 0 rings (SSSR count). The minimum absolute atomic E-state index is 0.326. The van der Waals surface area contributed by atoms with Crippen LogP contribution in [0, 0.1) is 0 Å². The number of allylic oxidation sites excluding steroid dienone is 3. The molecule has 0 aromatic carbocycles. The van der Waals surface area contributed by atoms with Crippen LogP contribution in [-0.2, 0) is 9.53 Å². The van der Waals surface area contributed by atoms with Crippen molar-refractivity contribution < 1.29 is 9.53 Å². The van der Waals surface area contributed by atoms with E-state index in [0.29, 0.717) is 5.57 Å². The highest BCUT2D eigenvalue weighted by Crippen LogP contribution is 2.07. The van der Waals surface area contributed by atoms with E-state index in [-0.39, 0.29) is 5.97 Å². The number of esters is 1. The van der Waals surface area contributed by atoms with Gasteiger partial charge in [-0.15, -0.1) is 0 Å². The molecule has 0 aliphatic heterocycles. The first-order chi connectivity index (χ1) is 6.15. The fraction of sp³-hybridized carbons (Fsp3) is 0.364. The van der Waals surface area contributed by atoms with Gasteiger partial charge in [-0.05, 0) is 19.4 Å². The van der Waals surface area contributed by atoms with E-state index in [2.05, 4.69) is 11.3 Å². The van der Waals surface area contributed by atoms with Crippen molar-refractivity contribution in [3.8, 4) is 0 Å². The summed E-state index contributed by atoms with van der Waals surface area (Å²) in [6.07, 6.45) is 6.09. The van der Waals surface area contributed by atoms with Crippen LogP contribution in [-0.4, -0.2) is 13.1 Å². The average molecular weight is 180 g/mol. The molecule has 0 aliphatic carbocycles. The maximum Gasteiger partial charge on any atom is 0.337 e. The molecule has 13 heavy (non-hydrogen) atoms. The van der Waals surface area contributed by atoms with E-state index in [4.69, 9.17) is 0 Å². The van der Waals surface area contributed by atoms with Crippen molar-refractivity contribution >= 4 is 5.97 Å². The summed E-state index contributed by atoms with van der Waals surface area (Å²) in [6, 6.07) is 0. The molecule has 0 aliphatic rings. The van der Waals surface area contributed by atoms with Crippen LogP contribution in [0.5, 0.6) is 0 Å². The average Bonchev–Trinajstić information content (AvgIpc) is 2.15. The predicted octanol–water partition coefficient (Wildman–Crippen LogP) is 2.63. The Morgan fingerprint density at radius 3 is 2.54 bits per heavy atom. The van der Waals surface area contributed by atoms with Crippen LogP contribution >= 0.6 is 0 Å². The molecule has 2 heteroatoms. The van der Waals surface area contributed by atoms with Gasteiger partial charge in [0.2, 0.25) is 0 Å². The summed E-state index contributed by atoms with van der Waals surface area (Å²) < 4.78 is 4.61. The van der Waals surface area contributed by atoms with Crippen molar-refractivity contribution in [1.29, 1.82) is 0 Å². The van der Waals surface area contributed by atoms with Gasteiger partial charge in [0.25, 0.3) is 0 Å². The third-order valence-corrected chi connectivity index (χ3v) is 1.58. The van der Waals surface area contributed by atoms with Crippen LogP contribution in [0.2, 0.25) is 0 Å². The maximum atomic E-state index is 11.2. The van der Waals surface area contributed by atoms with Gasteiger partial charge in [-0.2, -0.15) is 0 Å². The summed E-state index contributed by atoms with van der Waals surface area (Å²) in [5, 5.41) is 0. The Hall–Kier alpha value is -1.31. The van der Waals surface area contributed by atoms with E-state index in [1.807, 2.05) is 13.8 Å². The Labute approximate surface area is 79.6 Å². The topological polar surface area (TPSA) is 26.3 Å². The number of hydrogen-bond donors (Lipinski definition) is 0. The van der Waals surface area contributed by atoms with Crippen molar-refractivity contribution in [3.63, 3.8) is 0 Å². The fourth-order valence-corrected chi connectivity index (χ4v) is 0.794. The highest BCUT2D eigenvalue weighted by Gasteiger charge is 2.04. The van der Waals surface area contributed by atoms with Gasteiger partial charge in [-0.1, -0.05) is 31.2 Å². The van der Waals surface area contributed by atoms with Gasteiger partial charge in [0.1, 0.15) is 0 Å². The Bertz CT molecular complexity index is 247. The third-order valence-electron chi connectivity index (χ3n) is 1.58. The lowest BCUT2D eigenvalue weighted by Gasteiger charge is -2.00. The van der Waals surface area contributed by atoms with E-state index in [1.165, 1.54) is 7.11 Å². The number of rotatable bonds is 4. The van der Waals surface area contributed by atoms with Crippen LogP contribution < -0.4 is 0 Å². The largest absolute Gasteiger partial charge is 0.465 e. The Balaban J connectivity index is 4.69. The number of hydrogen-bond acceptors (Lipinski definition) is 2. The smallest absolute Gasteiger partial charge is 0.337 e. The molecular weight excluding hydrogens is 164 g/mol. The van der Waals surface area contributed by atoms with Crippen molar-refractivity contribution in [2.75, 3.05) is 7.11 Å². The molecule has 0 saturated carbocycles. The first-order valence-corrected chi connectivity index (χ1v) is 4.26. The summed E-state index contributed by atoms with van der Waals surface area (Å²) in [7, 11) is 1.37. The number of carbonyl (C=O) groups is 1. The Morgan fingerprint density at radius 1 is 1.54 bits per heavy atom. The lowest BCUT2D eigenvalue weighted by Crippen LogP contribution is -2.02. The van der Waals surface area contributed by atoms with Crippen molar-refractivity contribution in [2.45, 2.75) is 20.3 Å². The van der Waals surface area contributed by atoms with Gasteiger partial charge in [-0.3, -0.25) is 0 Å².